The Morgan fingerprint density at radius 3 is 2.42 bits per heavy atom. The van der Waals surface area contributed by atoms with Gasteiger partial charge in [-0.05, 0) is 92.3 Å². The second-order valence-corrected chi connectivity index (χ2v) is 9.88. The highest BCUT2D eigenvalue weighted by Gasteiger charge is 2.60. The normalized spacial score (nSPS) is 53.8. The minimum atomic E-state index is -0.279. The van der Waals surface area contributed by atoms with Crippen molar-refractivity contribution in [3.8, 4) is 0 Å². The number of fused-ring (bicyclic) bond motifs is 5. The fraction of sp³-hybridized carbons (Fsp3) is 0.952. The van der Waals surface area contributed by atoms with E-state index in [4.69, 9.17) is 0 Å². The summed E-state index contributed by atoms with van der Waals surface area (Å²) in [6.07, 6.45) is 10.2. The minimum absolute atomic E-state index is 0.0773. The number of hydrogen-bond donors (Lipinski definition) is 2. The van der Waals surface area contributed by atoms with Gasteiger partial charge in [-0.3, -0.25) is 4.79 Å². The molecular formula is C21H34O3. The van der Waals surface area contributed by atoms with Crippen LogP contribution >= 0.6 is 0 Å². The zero-order valence-electron chi connectivity index (χ0n) is 15.3. The third-order valence-corrected chi connectivity index (χ3v) is 9.18. The molecule has 3 heteroatoms. The van der Waals surface area contributed by atoms with Crippen LogP contribution in [0.1, 0.15) is 71.6 Å². The van der Waals surface area contributed by atoms with Crippen LogP contribution in [-0.4, -0.2) is 28.7 Å². The maximum absolute atomic E-state index is 12.3. The predicted octanol–water partition coefficient (Wildman–Crippen LogP) is 3.57. The maximum Gasteiger partial charge on any atom is 0.161 e. The summed E-state index contributed by atoms with van der Waals surface area (Å²) in [6, 6.07) is 0. The molecule has 4 saturated carbocycles. The van der Waals surface area contributed by atoms with E-state index < -0.39 is 0 Å². The number of carbonyl (C=O) groups is 1. The molecule has 0 aromatic rings. The number of carbonyl (C=O) groups excluding carboxylic acids is 1. The zero-order valence-corrected chi connectivity index (χ0v) is 15.3. The van der Waals surface area contributed by atoms with Gasteiger partial charge in [0.2, 0.25) is 0 Å². The molecule has 2 N–H and O–H groups in total. The Morgan fingerprint density at radius 1 is 0.958 bits per heavy atom. The first-order chi connectivity index (χ1) is 11.4. The van der Waals surface area contributed by atoms with Gasteiger partial charge in [-0.1, -0.05) is 13.8 Å². The van der Waals surface area contributed by atoms with Crippen LogP contribution in [0, 0.1) is 40.4 Å². The predicted molar refractivity (Wildman–Crippen MR) is 93.3 cm³/mol. The van der Waals surface area contributed by atoms with Gasteiger partial charge in [-0.2, -0.15) is 0 Å². The van der Waals surface area contributed by atoms with Crippen LogP contribution in [0.15, 0.2) is 0 Å². The molecule has 136 valence electrons. The zero-order chi connectivity index (χ0) is 17.1. The van der Waals surface area contributed by atoms with Gasteiger partial charge in [-0.25, -0.2) is 0 Å². The van der Waals surface area contributed by atoms with Gasteiger partial charge in [-0.15, -0.1) is 0 Å². The van der Waals surface area contributed by atoms with Crippen LogP contribution < -0.4 is 0 Å². The van der Waals surface area contributed by atoms with Crippen molar-refractivity contribution in [2.24, 2.45) is 40.4 Å². The fourth-order valence-corrected chi connectivity index (χ4v) is 7.87. The van der Waals surface area contributed by atoms with Crippen LogP contribution in [0.25, 0.3) is 0 Å². The lowest BCUT2D eigenvalue weighted by atomic mass is 9.44. The van der Waals surface area contributed by atoms with E-state index >= 15 is 0 Å². The average molecular weight is 335 g/mol. The molecular weight excluding hydrogens is 300 g/mol. The molecule has 4 aliphatic rings. The third kappa shape index (κ3) is 2.26. The molecule has 3 nitrogen and oxygen atoms in total. The van der Waals surface area contributed by atoms with Crippen LogP contribution in [0.5, 0.6) is 0 Å². The molecule has 7 unspecified atom stereocenters. The highest BCUT2D eigenvalue weighted by Crippen LogP contribution is 2.67. The summed E-state index contributed by atoms with van der Waals surface area (Å²) in [5, 5.41) is 19.5. The van der Waals surface area contributed by atoms with E-state index in [1.165, 1.54) is 32.1 Å². The minimum Gasteiger partial charge on any atom is -0.393 e. The van der Waals surface area contributed by atoms with Gasteiger partial charge in [0.15, 0.2) is 5.78 Å². The topological polar surface area (TPSA) is 57.5 Å². The van der Waals surface area contributed by atoms with Crippen molar-refractivity contribution in [1.82, 2.24) is 0 Å². The molecule has 0 saturated heterocycles. The average Bonchev–Trinajstić information content (AvgIpc) is 2.92. The Balaban J connectivity index is 1.60. The molecule has 0 aromatic heterocycles. The molecule has 0 aliphatic heterocycles. The summed E-state index contributed by atoms with van der Waals surface area (Å²) < 4.78 is 0. The molecule has 24 heavy (non-hydrogen) atoms. The molecule has 4 fully saturated rings. The summed E-state index contributed by atoms with van der Waals surface area (Å²) in [5.74, 6) is 3.08. The quantitative estimate of drug-likeness (QED) is 0.812. The lowest BCUT2D eigenvalue weighted by Gasteiger charge is -2.60. The summed E-state index contributed by atoms with van der Waals surface area (Å²) in [7, 11) is 0. The van der Waals surface area contributed by atoms with Crippen molar-refractivity contribution in [2.75, 3.05) is 6.61 Å². The van der Waals surface area contributed by atoms with Crippen LogP contribution in [0.2, 0.25) is 0 Å². The summed E-state index contributed by atoms with van der Waals surface area (Å²) in [4.78, 5) is 12.3. The van der Waals surface area contributed by atoms with Crippen molar-refractivity contribution in [3.63, 3.8) is 0 Å². The maximum atomic E-state index is 12.3. The second-order valence-electron chi connectivity index (χ2n) is 9.88. The molecule has 4 aliphatic carbocycles. The van der Waals surface area contributed by atoms with E-state index in [2.05, 4.69) is 13.8 Å². The molecule has 8 atom stereocenters. The van der Waals surface area contributed by atoms with E-state index in [1.54, 1.807) is 0 Å². The first kappa shape index (κ1) is 17.0. The van der Waals surface area contributed by atoms with Gasteiger partial charge < -0.3 is 10.2 Å². The van der Waals surface area contributed by atoms with Crippen molar-refractivity contribution < 1.29 is 15.0 Å². The number of rotatable bonds is 2. The SMILES string of the molecule is CC12CCC3C(CC[C@H]4CC(O)CCC34C)C1CCC2C(=O)CO. The number of aliphatic hydroxyl groups is 2. The second kappa shape index (κ2) is 5.81. The Labute approximate surface area is 146 Å². The molecule has 4 rings (SSSR count). The van der Waals surface area contributed by atoms with Crippen LogP contribution in [0.4, 0.5) is 0 Å². The van der Waals surface area contributed by atoms with Crippen molar-refractivity contribution in [1.29, 1.82) is 0 Å². The summed E-state index contributed by atoms with van der Waals surface area (Å²) in [5.41, 5.74) is 0.529. The Kier molecular flexibility index (Phi) is 4.12. The van der Waals surface area contributed by atoms with Gasteiger partial charge >= 0.3 is 0 Å². The molecule has 0 radical (unpaired) electrons. The van der Waals surface area contributed by atoms with Crippen LogP contribution in [0.3, 0.4) is 0 Å². The number of hydrogen-bond acceptors (Lipinski definition) is 3. The van der Waals surface area contributed by atoms with Crippen molar-refractivity contribution in [3.05, 3.63) is 0 Å². The van der Waals surface area contributed by atoms with Crippen LogP contribution in [-0.2, 0) is 4.79 Å². The monoisotopic (exact) mass is 334 g/mol. The molecule has 0 aromatic carbocycles. The molecule has 0 heterocycles. The van der Waals surface area contributed by atoms with E-state index in [0.717, 1.165) is 37.5 Å². The molecule has 0 bridgehead atoms. The number of aliphatic hydroxyl groups excluding tert-OH is 2. The Morgan fingerprint density at radius 2 is 1.67 bits per heavy atom. The highest BCUT2D eigenvalue weighted by atomic mass is 16.3. The Hall–Kier alpha value is -0.410. The van der Waals surface area contributed by atoms with E-state index in [0.29, 0.717) is 17.3 Å². The summed E-state index contributed by atoms with van der Waals surface area (Å²) in [6.45, 7) is 4.57. The van der Waals surface area contributed by atoms with E-state index in [-0.39, 0.29) is 29.8 Å². The standard InChI is InChI=1S/C21H34O3/c1-20-9-7-14(23)11-13(20)3-4-15-16-5-6-18(19(24)12-22)21(16,2)10-8-17(15)20/h13-18,22-23H,3-12H2,1-2H3/t13-,14?,15?,16?,17?,18?,20?,21?/m0/s1. The third-order valence-electron chi connectivity index (χ3n) is 9.18. The first-order valence-electron chi connectivity index (χ1n) is 10.2. The van der Waals surface area contributed by atoms with Crippen molar-refractivity contribution >= 4 is 5.78 Å². The largest absolute Gasteiger partial charge is 0.393 e. The number of Topliss-reactive ketones (excluding diaryl/α,β-unsaturated/α-hetero) is 1. The fourth-order valence-electron chi connectivity index (χ4n) is 7.87. The number of ketones is 1. The molecule has 0 spiro atoms. The summed E-state index contributed by atoms with van der Waals surface area (Å²) >= 11 is 0. The van der Waals surface area contributed by atoms with Gasteiger partial charge in [0.05, 0.1) is 6.10 Å². The van der Waals surface area contributed by atoms with Gasteiger partial charge in [0.25, 0.3) is 0 Å². The first-order valence-corrected chi connectivity index (χ1v) is 10.2. The van der Waals surface area contributed by atoms with E-state index in [1.807, 2.05) is 0 Å². The lowest BCUT2D eigenvalue weighted by Crippen LogP contribution is -2.54. The van der Waals surface area contributed by atoms with Gasteiger partial charge in [0.1, 0.15) is 6.61 Å². The smallest absolute Gasteiger partial charge is 0.161 e. The lowest BCUT2D eigenvalue weighted by molar-refractivity contribution is -0.141. The van der Waals surface area contributed by atoms with Gasteiger partial charge in [0, 0.05) is 5.92 Å². The Bertz CT molecular complexity index is 517. The van der Waals surface area contributed by atoms with Crippen molar-refractivity contribution in [2.45, 2.75) is 77.7 Å². The highest BCUT2D eigenvalue weighted by molar-refractivity contribution is 5.83. The van der Waals surface area contributed by atoms with E-state index in [9.17, 15) is 15.0 Å². The molecule has 0 amide bonds.